The van der Waals surface area contributed by atoms with Crippen molar-refractivity contribution in [2.45, 2.75) is 10.6 Å². The fraction of sp³-hybridized carbons (Fsp3) is 0.143. The molecule has 0 radical (unpaired) electrons. The standard InChI is InChI=1S/C14H12N2O4S2/c1-19-10-4-2-5-11(8-10)22(17,18)9-13-15-14(20-16-13)12-6-3-7-21-12/h2-8H,9H2,1H3. The molecule has 0 spiro atoms. The third-order valence-electron chi connectivity index (χ3n) is 2.92. The molecular weight excluding hydrogens is 324 g/mol. The van der Waals surface area contributed by atoms with Crippen molar-refractivity contribution in [1.82, 2.24) is 10.1 Å². The van der Waals surface area contributed by atoms with E-state index in [0.717, 1.165) is 4.88 Å². The van der Waals surface area contributed by atoms with Crippen molar-refractivity contribution in [3.05, 3.63) is 47.6 Å². The second kappa shape index (κ2) is 5.90. The molecule has 0 atom stereocenters. The minimum absolute atomic E-state index is 0.131. The zero-order valence-electron chi connectivity index (χ0n) is 11.6. The third-order valence-corrected chi connectivity index (χ3v) is 5.39. The number of aromatic nitrogens is 2. The zero-order chi connectivity index (χ0) is 15.6. The fourth-order valence-electron chi connectivity index (χ4n) is 1.86. The Kier molecular flexibility index (Phi) is 3.95. The number of thiophene rings is 1. The highest BCUT2D eigenvalue weighted by atomic mass is 32.2. The summed E-state index contributed by atoms with van der Waals surface area (Å²) in [5.41, 5.74) is 0. The van der Waals surface area contributed by atoms with Gasteiger partial charge in [-0.25, -0.2) is 8.42 Å². The maximum Gasteiger partial charge on any atom is 0.268 e. The molecule has 22 heavy (non-hydrogen) atoms. The summed E-state index contributed by atoms with van der Waals surface area (Å²) < 4.78 is 34.9. The smallest absolute Gasteiger partial charge is 0.268 e. The highest BCUT2D eigenvalue weighted by Crippen LogP contribution is 2.24. The number of methoxy groups -OCH3 is 1. The van der Waals surface area contributed by atoms with Gasteiger partial charge in [0.1, 0.15) is 11.5 Å². The van der Waals surface area contributed by atoms with E-state index in [9.17, 15) is 8.42 Å². The molecule has 0 saturated carbocycles. The first-order valence-corrected chi connectivity index (χ1v) is 8.85. The van der Waals surface area contributed by atoms with Crippen LogP contribution in [-0.4, -0.2) is 25.7 Å². The molecule has 0 amide bonds. The molecule has 0 fully saturated rings. The fourth-order valence-corrected chi connectivity index (χ4v) is 3.71. The van der Waals surface area contributed by atoms with Crippen LogP contribution in [0.5, 0.6) is 5.75 Å². The Hall–Kier alpha value is -2.19. The minimum Gasteiger partial charge on any atom is -0.497 e. The van der Waals surface area contributed by atoms with E-state index in [2.05, 4.69) is 10.1 Å². The summed E-state index contributed by atoms with van der Waals surface area (Å²) >= 11 is 1.45. The molecule has 0 bridgehead atoms. The summed E-state index contributed by atoms with van der Waals surface area (Å²) in [7, 11) is -2.08. The lowest BCUT2D eigenvalue weighted by Crippen LogP contribution is -2.06. The Bertz CT molecular complexity index is 870. The van der Waals surface area contributed by atoms with E-state index in [4.69, 9.17) is 9.26 Å². The molecule has 8 heteroatoms. The number of rotatable bonds is 5. The molecule has 0 aliphatic carbocycles. The van der Waals surface area contributed by atoms with Crippen LogP contribution in [-0.2, 0) is 15.6 Å². The Morgan fingerprint density at radius 1 is 1.27 bits per heavy atom. The lowest BCUT2D eigenvalue weighted by atomic mass is 10.3. The highest BCUT2D eigenvalue weighted by Gasteiger charge is 2.20. The molecule has 0 aliphatic heterocycles. The lowest BCUT2D eigenvalue weighted by molar-refractivity contribution is 0.413. The van der Waals surface area contributed by atoms with Crippen molar-refractivity contribution in [1.29, 1.82) is 0 Å². The van der Waals surface area contributed by atoms with Gasteiger partial charge < -0.3 is 9.26 Å². The first-order chi connectivity index (χ1) is 10.6. The van der Waals surface area contributed by atoms with Crippen LogP contribution >= 0.6 is 11.3 Å². The molecule has 0 unspecified atom stereocenters. The van der Waals surface area contributed by atoms with E-state index in [0.29, 0.717) is 11.6 Å². The number of hydrogen-bond donors (Lipinski definition) is 0. The average molecular weight is 336 g/mol. The second-order valence-electron chi connectivity index (χ2n) is 4.43. The molecule has 2 aromatic heterocycles. The molecule has 3 aromatic rings. The van der Waals surface area contributed by atoms with Gasteiger partial charge in [0.15, 0.2) is 15.7 Å². The number of ether oxygens (including phenoxy) is 1. The molecule has 3 rings (SSSR count). The molecule has 0 N–H and O–H groups in total. The zero-order valence-corrected chi connectivity index (χ0v) is 13.2. The van der Waals surface area contributed by atoms with Gasteiger partial charge in [0.05, 0.1) is 16.9 Å². The number of sulfone groups is 1. The predicted molar refractivity (Wildman–Crippen MR) is 81.5 cm³/mol. The van der Waals surface area contributed by atoms with Crippen LogP contribution in [0.25, 0.3) is 10.8 Å². The van der Waals surface area contributed by atoms with E-state index < -0.39 is 9.84 Å². The van der Waals surface area contributed by atoms with E-state index >= 15 is 0 Å². The van der Waals surface area contributed by atoms with Crippen molar-refractivity contribution in [2.75, 3.05) is 7.11 Å². The van der Waals surface area contributed by atoms with Gasteiger partial charge in [0.25, 0.3) is 5.89 Å². The number of hydrogen-bond acceptors (Lipinski definition) is 7. The van der Waals surface area contributed by atoms with Gasteiger partial charge in [0.2, 0.25) is 0 Å². The summed E-state index contributed by atoms with van der Waals surface area (Å²) in [6, 6.07) is 9.98. The first kappa shape index (κ1) is 14.7. The Morgan fingerprint density at radius 2 is 2.14 bits per heavy atom. The van der Waals surface area contributed by atoms with Gasteiger partial charge in [-0.1, -0.05) is 17.3 Å². The highest BCUT2D eigenvalue weighted by molar-refractivity contribution is 7.90. The normalized spacial score (nSPS) is 11.5. The monoisotopic (exact) mass is 336 g/mol. The Balaban J connectivity index is 1.85. The van der Waals surface area contributed by atoms with Gasteiger partial charge in [0, 0.05) is 0 Å². The van der Waals surface area contributed by atoms with Crippen molar-refractivity contribution in [3.8, 4) is 16.5 Å². The summed E-state index contributed by atoms with van der Waals surface area (Å²) in [6.45, 7) is 0. The summed E-state index contributed by atoms with van der Waals surface area (Å²) in [5, 5.41) is 5.62. The average Bonchev–Trinajstić information content (AvgIpc) is 3.18. The maximum absolute atomic E-state index is 12.4. The molecule has 114 valence electrons. The van der Waals surface area contributed by atoms with Crippen LogP contribution in [0.2, 0.25) is 0 Å². The largest absolute Gasteiger partial charge is 0.497 e. The van der Waals surface area contributed by atoms with Gasteiger partial charge in [-0.15, -0.1) is 11.3 Å². The van der Waals surface area contributed by atoms with E-state index in [-0.39, 0.29) is 16.5 Å². The summed E-state index contributed by atoms with van der Waals surface area (Å²) in [6.07, 6.45) is 0. The Morgan fingerprint density at radius 3 is 2.86 bits per heavy atom. The van der Waals surface area contributed by atoms with Crippen LogP contribution < -0.4 is 4.74 Å². The predicted octanol–water partition coefficient (Wildman–Crippen LogP) is 2.78. The van der Waals surface area contributed by atoms with Gasteiger partial charge in [-0.05, 0) is 29.6 Å². The quantitative estimate of drug-likeness (QED) is 0.712. The first-order valence-electron chi connectivity index (χ1n) is 6.32. The Labute approximate surface area is 131 Å². The van der Waals surface area contributed by atoms with Crippen molar-refractivity contribution in [3.63, 3.8) is 0 Å². The SMILES string of the molecule is COc1cccc(S(=O)(=O)Cc2noc(-c3cccs3)n2)c1. The molecular formula is C14H12N2O4S2. The van der Waals surface area contributed by atoms with Crippen LogP contribution in [0.1, 0.15) is 5.82 Å². The number of benzene rings is 1. The summed E-state index contributed by atoms with van der Waals surface area (Å²) in [4.78, 5) is 5.09. The number of nitrogens with zero attached hydrogens (tertiary/aromatic N) is 2. The third kappa shape index (κ3) is 3.02. The summed E-state index contributed by atoms with van der Waals surface area (Å²) in [5.74, 6) is 0.611. The van der Waals surface area contributed by atoms with E-state index in [1.165, 1.54) is 30.6 Å². The van der Waals surface area contributed by atoms with Crippen LogP contribution in [0, 0.1) is 0 Å². The van der Waals surface area contributed by atoms with Crippen molar-refractivity contribution in [2.24, 2.45) is 0 Å². The van der Waals surface area contributed by atoms with Crippen LogP contribution in [0.15, 0.2) is 51.2 Å². The van der Waals surface area contributed by atoms with Gasteiger partial charge in [-0.2, -0.15) is 4.98 Å². The van der Waals surface area contributed by atoms with Gasteiger partial charge in [-0.3, -0.25) is 0 Å². The second-order valence-corrected chi connectivity index (χ2v) is 7.37. The van der Waals surface area contributed by atoms with Crippen molar-refractivity contribution < 1.29 is 17.7 Å². The molecule has 2 heterocycles. The molecule has 0 saturated heterocycles. The topological polar surface area (TPSA) is 82.3 Å². The van der Waals surface area contributed by atoms with Crippen LogP contribution in [0.4, 0.5) is 0 Å². The molecule has 0 aliphatic rings. The van der Waals surface area contributed by atoms with E-state index in [1.54, 1.807) is 12.1 Å². The van der Waals surface area contributed by atoms with Crippen molar-refractivity contribution >= 4 is 21.2 Å². The minimum atomic E-state index is -3.56. The van der Waals surface area contributed by atoms with E-state index in [1.807, 2.05) is 17.5 Å². The van der Waals surface area contributed by atoms with Crippen LogP contribution in [0.3, 0.4) is 0 Å². The van der Waals surface area contributed by atoms with Gasteiger partial charge >= 0.3 is 0 Å². The lowest BCUT2D eigenvalue weighted by Gasteiger charge is -2.04. The molecule has 6 nitrogen and oxygen atoms in total. The molecule has 1 aromatic carbocycles. The maximum atomic E-state index is 12.4.